The van der Waals surface area contributed by atoms with Crippen LogP contribution in [0.2, 0.25) is 0 Å². The molecule has 134 valence electrons. The number of nitrogens with zero attached hydrogens (tertiary/aromatic N) is 1. The number of hydrogen-bond donors (Lipinski definition) is 2. The zero-order chi connectivity index (χ0) is 17.9. The highest BCUT2D eigenvalue weighted by atomic mass is 16.5. The Morgan fingerprint density at radius 1 is 1.08 bits per heavy atom. The molecule has 2 heterocycles. The van der Waals surface area contributed by atoms with E-state index in [9.17, 15) is 9.59 Å². The Bertz CT molecular complexity index is 829. The van der Waals surface area contributed by atoms with Crippen molar-refractivity contribution in [3.63, 3.8) is 0 Å². The third-order valence-corrected chi connectivity index (χ3v) is 4.38. The molecule has 2 aliphatic heterocycles. The van der Waals surface area contributed by atoms with Crippen molar-refractivity contribution >= 4 is 28.9 Å². The SMILES string of the molecule is O=C1COc2cc(C(=O)Nc3ccc(N4CCOCC4)cc3)ccc2N1. The van der Waals surface area contributed by atoms with Crippen molar-refractivity contribution in [2.24, 2.45) is 0 Å². The number of ether oxygens (including phenoxy) is 2. The molecular formula is C19H19N3O4. The number of carbonyl (C=O) groups excluding carboxylic acids is 2. The maximum Gasteiger partial charge on any atom is 0.262 e. The first-order valence-corrected chi connectivity index (χ1v) is 8.50. The molecule has 0 spiro atoms. The van der Waals surface area contributed by atoms with Gasteiger partial charge in [0.05, 0.1) is 18.9 Å². The van der Waals surface area contributed by atoms with E-state index < -0.39 is 0 Å². The molecule has 0 unspecified atom stereocenters. The number of fused-ring (bicyclic) bond motifs is 1. The summed E-state index contributed by atoms with van der Waals surface area (Å²) in [7, 11) is 0. The lowest BCUT2D eigenvalue weighted by atomic mass is 10.1. The van der Waals surface area contributed by atoms with Crippen LogP contribution in [0.1, 0.15) is 10.4 Å². The Morgan fingerprint density at radius 3 is 2.62 bits per heavy atom. The molecule has 0 saturated carbocycles. The smallest absolute Gasteiger partial charge is 0.262 e. The van der Waals surface area contributed by atoms with E-state index in [0.717, 1.165) is 37.7 Å². The molecule has 0 radical (unpaired) electrons. The highest BCUT2D eigenvalue weighted by Gasteiger charge is 2.18. The molecule has 0 aliphatic carbocycles. The highest BCUT2D eigenvalue weighted by molar-refractivity contribution is 6.05. The molecule has 2 aromatic carbocycles. The van der Waals surface area contributed by atoms with Gasteiger partial charge in [-0.2, -0.15) is 0 Å². The fraction of sp³-hybridized carbons (Fsp3) is 0.263. The van der Waals surface area contributed by atoms with Gasteiger partial charge in [0.1, 0.15) is 5.75 Å². The summed E-state index contributed by atoms with van der Waals surface area (Å²) >= 11 is 0. The molecule has 0 atom stereocenters. The van der Waals surface area contributed by atoms with Crippen LogP contribution in [0, 0.1) is 0 Å². The fourth-order valence-electron chi connectivity index (χ4n) is 3.00. The van der Waals surface area contributed by atoms with Gasteiger partial charge in [-0.15, -0.1) is 0 Å². The largest absolute Gasteiger partial charge is 0.482 e. The molecule has 7 heteroatoms. The molecule has 0 bridgehead atoms. The van der Waals surface area contributed by atoms with Gasteiger partial charge in [-0.1, -0.05) is 0 Å². The summed E-state index contributed by atoms with van der Waals surface area (Å²) in [5.41, 5.74) is 2.88. The van der Waals surface area contributed by atoms with E-state index in [4.69, 9.17) is 9.47 Å². The van der Waals surface area contributed by atoms with Crippen molar-refractivity contribution in [2.45, 2.75) is 0 Å². The Labute approximate surface area is 150 Å². The first-order chi connectivity index (χ1) is 12.7. The van der Waals surface area contributed by atoms with E-state index in [0.29, 0.717) is 17.0 Å². The van der Waals surface area contributed by atoms with E-state index in [2.05, 4.69) is 15.5 Å². The summed E-state index contributed by atoms with van der Waals surface area (Å²) in [6.45, 7) is 3.18. The molecule has 2 N–H and O–H groups in total. The third kappa shape index (κ3) is 3.48. The monoisotopic (exact) mass is 353 g/mol. The number of hydrogen-bond acceptors (Lipinski definition) is 5. The van der Waals surface area contributed by atoms with Crippen LogP contribution in [0.3, 0.4) is 0 Å². The number of morpholine rings is 1. The van der Waals surface area contributed by atoms with Gasteiger partial charge in [-0.3, -0.25) is 9.59 Å². The summed E-state index contributed by atoms with van der Waals surface area (Å²) < 4.78 is 10.7. The molecule has 0 aromatic heterocycles. The van der Waals surface area contributed by atoms with Gasteiger partial charge in [0.2, 0.25) is 0 Å². The Balaban J connectivity index is 1.44. The van der Waals surface area contributed by atoms with Gasteiger partial charge in [0.15, 0.2) is 6.61 Å². The standard InChI is InChI=1S/C19H19N3O4/c23-18-12-26-17-11-13(1-6-16(17)21-18)19(24)20-14-2-4-15(5-3-14)22-7-9-25-10-8-22/h1-6,11H,7-10,12H2,(H,20,24)(H,21,23). The van der Waals surface area contributed by atoms with E-state index >= 15 is 0 Å². The van der Waals surface area contributed by atoms with Crippen molar-refractivity contribution in [1.82, 2.24) is 0 Å². The first kappa shape index (κ1) is 16.4. The average Bonchev–Trinajstić information content (AvgIpc) is 2.69. The van der Waals surface area contributed by atoms with Crippen LogP contribution in [0.4, 0.5) is 17.1 Å². The number of carbonyl (C=O) groups is 2. The number of nitrogens with one attached hydrogen (secondary N) is 2. The molecule has 7 nitrogen and oxygen atoms in total. The molecule has 1 saturated heterocycles. The lowest BCUT2D eigenvalue weighted by Crippen LogP contribution is -2.36. The summed E-state index contributed by atoms with van der Waals surface area (Å²) in [5, 5.41) is 5.58. The quantitative estimate of drug-likeness (QED) is 0.883. The summed E-state index contributed by atoms with van der Waals surface area (Å²) in [4.78, 5) is 26.0. The van der Waals surface area contributed by atoms with Crippen LogP contribution < -0.4 is 20.3 Å². The van der Waals surface area contributed by atoms with E-state index in [-0.39, 0.29) is 18.4 Å². The number of benzene rings is 2. The second kappa shape index (κ2) is 7.05. The molecule has 2 aromatic rings. The molecule has 4 rings (SSSR count). The van der Waals surface area contributed by atoms with Gasteiger partial charge in [-0.25, -0.2) is 0 Å². The van der Waals surface area contributed by atoms with Crippen molar-refractivity contribution < 1.29 is 19.1 Å². The minimum atomic E-state index is -0.229. The molecule has 2 aliphatic rings. The van der Waals surface area contributed by atoms with Gasteiger partial charge < -0.3 is 25.0 Å². The third-order valence-electron chi connectivity index (χ3n) is 4.38. The van der Waals surface area contributed by atoms with E-state index in [1.807, 2.05) is 24.3 Å². The Morgan fingerprint density at radius 2 is 1.85 bits per heavy atom. The Kier molecular flexibility index (Phi) is 4.45. The van der Waals surface area contributed by atoms with Crippen molar-refractivity contribution in [1.29, 1.82) is 0 Å². The van der Waals surface area contributed by atoms with Crippen molar-refractivity contribution in [3.8, 4) is 5.75 Å². The minimum absolute atomic E-state index is 0.0406. The van der Waals surface area contributed by atoms with E-state index in [1.165, 1.54) is 0 Å². The molecule has 1 fully saturated rings. The molecule has 26 heavy (non-hydrogen) atoms. The highest BCUT2D eigenvalue weighted by Crippen LogP contribution is 2.29. The first-order valence-electron chi connectivity index (χ1n) is 8.50. The Hall–Kier alpha value is -3.06. The maximum absolute atomic E-state index is 12.5. The van der Waals surface area contributed by atoms with Gasteiger partial charge >= 0.3 is 0 Å². The van der Waals surface area contributed by atoms with Crippen LogP contribution in [0.5, 0.6) is 5.75 Å². The van der Waals surface area contributed by atoms with E-state index in [1.54, 1.807) is 18.2 Å². The number of amides is 2. The number of rotatable bonds is 3. The predicted octanol–water partition coefficient (Wildman–Crippen LogP) is 2.11. The van der Waals surface area contributed by atoms with Crippen LogP contribution in [0.25, 0.3) is 0 Å². The zero-order valence-electron chi connectivity index (χ0n) is 14.2. The number of anilines is 3. The maximum atomic E-state index is 12.5. The second-order valence-electron chi connectivity index (χ2n) is 6.15. The van der Waals surface area contributed by atoms with Crippen molar-refractivity contribution in [2.75, 3.05) is 48.4 Å². The van der Waals surface area contributed by atoms with Crippen LogP contribution in [0.15, 0.2) is 42.5 Å². The second-order valence-corrected chi connectivity index (χ2v) is 6.15. The lowest BCUT2D eigenvalue weighted by molar-refractivity contribution is -0.118. The summed E-state index contributed by atoms with van der Waals surface area (Å²) in [6, 6.07) is 12.7. The molecular weight excluding hydrogens is 334 g/mol. The lowest BCUT2D eigenvalue weighted by Gasteiger charge is -2.28. The minimum Gasteiger partial charge on any atom is -0.482 e. The average molecular weight is 353 g/mol. The van der Waals surface area contributed by atoms with Crippen LogP contribution in [-0.2, 0) is 9.53 Å². The van der Waals surface area contributed by atoms with Crippen LogP contribution >= 0.6 is 0 Å². The van der Waals surface area contributed by atoms with Gasteiger partial charge in [0, 0.05) is 30.0 Å². The summed E-state index contributed by atoms with van der Waals surface area (Å²) in [5.74, 6) is 0.0717. The van der Waals surface area contributed by atoms with Crippen molar-refractivity contribution in [3.05, 3.63) is 48.0 Å². The van der Waals surface area contributed by atoms with Gasteiger partial charge in [0.25, 0.3) is 11.8 Å². The zero-order valence-corrected chi connectivity index (χ0v) is 14.2. The van der Waals surface area contributed by atoms with Crippen LogP contribution in [-0.4, -0.2) is 44.7 Å². The fourth-order valence-corrected chi connectivity index (χ4v) is 3.00. The predicted molar refractivity (Wildman–Crippen MR) is 98.0 cm³/mol. The normalized spacial score (nSPS) is 16.3. The molecule has 2 amide bonds. The topological polar surface area (TPSA) is 79.9 Å². The summed E-state index contributed by atoms with van der Waals surface area (Å²) in [6.07, 6.45) is 0. The van der Waals surface area contributed by atoms with Gasteiger partial charge in [-0.05, 0) is 42.5 Å².